The Morgan fingerprint density at radius 3 is 2.67 bits per heavy atom. The Balaban J connectivity index is 1.67. The van der Waals surface area contributed by atoms with Crippen molar-refractivity contribution in [3.8, 4) is 0 Å². The average molecular weight is 327 g/mol. The van der Waals surface area contributed by atoms with Crippen LogP contribution < -0.4 is 5.32 Å². The first kappa shape index (κ1) is 14.1. The summed E-state index contributed by atoms with van der Waals surface area (Å²) >= 11 is 1.78. The van der Waals surface area contributed by atoms with Gasteiger partial charge in [0.15, 0.2) is 0 Å². The van der Waals surface area contributed by atoms with Gasteiger partial charge in [0.1, 0.15) is 0 Å². The van der Waals surface area contributed by atoms with Crippen LogP contribution in [0.3, 0.4) is 0 Å². The van der Waals surface area contributed by atoms with Gasteiger partial charge >= 0.3 is 0 Å². The fourth-order valence-corrected chi connectivity index (χ4v) is 6.25. The third-order valence-corrected chi connectivity index (χ3v) is 7.75. The average Bonchev–Trinajstić information content (AvgIpc) is 3.23. The van der Waals surface area contributed by atoms with Gasteiger partial charge in [-0.15, -0.1) is 11.3 Å². The summed E-state index contributed by atoms with van der Waals surface area (Å²) in [6.45, 7) is 3.33. The Bertz CT molecular complexity index is 618. The second kappa shape index (κ2) is 5.31. The van der Waals surface area contributed by atoms with Crippen molar-refractivity contribution in [1.82, 2.24) is 13.9 Å². The highest BCUT2D eigenvalue weighted by Crippen LogP contribution is 2.49. The van der Waals surface area contributed by atoms with E-state index < -0.39 is 10.2 Å². The van der Waals surface area contributed by atoms with Crippen LogP contribution in [-0.4, -0.2) is 49.8 Å². The maximum atomic E-state index is 13.0. The molecule has 1 saturated heterocycles. The van der Waals surface area contributed by atoms with E-state index in [9.17, 15) is 8.42 Å². The van der Waals surface area contributed by atoms with Crippen molar-refractivity contribution in [2.24, 2.45) is 5.92 Å². The normalized spacial score (nSPS) is 28.5. The van der Waals surface area contributed by atoms with Gasteiger partial charge < -0.3 is 5.32 Å². The lowest BCUT2D eigenvalue weighted by molar-refractivity contribution is 0.246. The van der Waals surface area contributed by atoms with Gasteiger partial charge in [0, 0.05) is 37.6 Å². The zero-order valence-electron chi connectivity index (χ0n) is 12.0. The molecule has 0 spiro atoms. The molecule has 7 heteroatoms. The molecule has 1 N–H and O–H groups in total. The summed E-state index contributed by atoms with van der Waals surface area (Å²) in [5, 5.41) is 5.34. The second-order valence-corrected chi connectivity index (χ2v) is 8.98. The highest BCUT2D eigenvalue weighted by Gasteiger charge is 2.46. The summed E-state index contributed by atoms with van der Waals surface area (Å²) in [5.74, 6) is 0.524. The van der Waals surface area contributed by atoms with Crippen molar-refractivity contribution in [3.05, 3.63) is 21.9 Å². The van der Waals surface area contributed by atoms with E-state index in [0.29, 0.717) is 25.6 Å². The molecule has 1 atom stereocenters. The smallest absolute Gasteiger partial charge is 0.282 e. The summed E-state index contributed by atoms with van der Waals surface area (Å²) in [5.41, 5.74) is 1.27. The standard InChI is InChI=1S/C14H21N3O2S2/c18-21(19,16-8-5-15-6-9-16)17-7-3-13-12(4-10-20-13)14(17)11-1-2-11/h4,10-11,14-15H,1-3,5-9H2. The number of nitrogens with zero attached hydrogens (tertiary/aromatic N) is 2. The molecule has 3 heterocycles. The molecule has 116 valence electrons. The Kier molecular flexibility index (Phi) is 3.58. The molecule has 0 amide bonds. The van der Waals surface area contributed by atoms with E-state index in [1.807, 2.05) is 0 Å². The Morgan fingerprint density at radius 1 is 1.19 bits per heavy atom. The topological polar surface area (TPSA) is 52.7 Å². The zero-order valence-corrected chi connectivity index (χ0v) is 13.6. The molecule has 1 saturated carbocycles. The number of hydrogen-bond donors (Lipinski definition) is 1. The second-order valence-electron chi connectivity index (χ2n) is 6.10. The van der Waals surface area contributed by atoms with Crippen molar-refractivity contribution in [2.75, 3.05) is 32.7 Å². The largest absolute Gasteiger partial charge is 0.314 e. The highest BCUT2D eigenvalue weighted by atomic mass is 32.2. The molecule has 2 aliphatic heterocycles. The van der Waals surface area contributed by atoms with Gasteiger partial charge in [-0.3, -0.25) is 0 Å². The Hall–Kier alpha value is -0.470. The minimum Gasteiger partial charge on any atom is -0.314 e. The van der Waals surface area contributed by atoms with Crippen molar-refractivity contribution < 1.29 is 8.42 Å². The lowest BCUT2D eigenvalue weighted by atomic mass is 9.98. The van der Waals surface area contributed by atoms with Gasteiger partial charge in [0.05, 0.1) is 6.04 Å². The molecule has 1 aromatic heterocycles. The fraction of sp³-hybridized carbons (Fsp3) is 0.714. The Labute approximate surface area is 130 Å². The van der Waals surface area contributed by atoms with E-state index in [0.717, 1.165) is 32.4 Å². The van der Waals surface area contributed by atoms with Gasteiger partial charge in [0.2, 0.25) is 0 Å². The van der Waals surface area contributed by atoms with Crippen LogP contribution in [-0.2, 0) is 16.6 Å². The van der Waals surface area contributed by atoms with E-state index in [2.05, 4.69) is 16.8 Å². The van der Waals surface area contributed by atoms with Crippen LogP contribution in [0, 0.1) is 5.92 Å². The first-order chi connectivity index (χ1) is 10.2. The maximum Gasteiger partial charge on any atom is 0.282 e. The van der Waals surface area contributed by atoms with E-state index in [4.69, 9.17) is 0 Å². The molecule has 0 bridgehead atoms. The molecule has 1 aromatic rings. The van der Waals surface area contributed by atoms with Gasteiger partial charge in [-0.1, -0.05) is 0 Å². The van der Waals surface area contributed by atoms with Crippen LogP contribution in [0.5, 0.6) is 0 Å². The third-order valence-electron chi connectivity index (χ3n) is 4.74. The lowest BCUT2D eigenvalue weighted by Crippen LogP contribution is -2.53. The Morgan fingerprint density at radius 2 is 1.95 bits per heavy atom. The zero-order chi connectivity index (χ0) is 14.4. The quantitative estimate of drug-likeness (QED) is 0.908. The minimum atomic E-state index is -3.33. The minimum absolute atomic E-state index is 0.0832. The molecule has 3 aliphatic rings. The lowest BCUT2D eigenvalue weighted by Gasteiger charge is -2.39. The predicted octanol–water partition coefficient (Wildman–Crippen LogP) is 1.21. The molecule has 2 fully saturated rings. The van der Waals surface area contributed by atoms with Crippen LogP contribution >= 0.6 is 11.3 Å². The molecular weight excluding hydrogens is 306 g/mol. The maximum absolute atomic E-state index is 13.0. The SMILES string of the molecule is O=S(=O)(N1CCNCC1)N1CCc2sccc2C1C1CC1. The van der Waals surface area contributed by atoms with Gasteiger partial charge in [-0.05, 0) is 42.2 Å². The number of thiophene rings is 1. The van der Waals surface area contributed by atoms with Crippen molar-refractivity contribution >= 4 is 21.5 Å². The summed E-state index contributed by atoms with van der Waals surface area (Å²) in [6.07, 6.45) is 3.18. The summed E-state index contributed by atoms with van der Waals surface area (Å²) in [4.78, 5) is 1.39. The van der Waals surface area contributed by atoms with E-state index >= 15 is 0 Å². The number of hydrogen-bond acceptors (Lipinski definition) is 4. The third kappa shape index (κ3) is 2.45. The molecular formula is C14H21N3O2S2. The van der Waals surface area contributed by atoms with E-state index in [1.54, 1.807) is 19.9 Å². The molecule has 1 unspecified atom stereocenters. The van der Waals surface area contributed by atoms with Gasteiger partial charge in [-0.2, -0.15) is 17.0 Å². The molecule has 0 aromatic carbocycles. The molecule has 1 aliphatic carbocycles. The molecule has 0 radical (unpaired) electrons. The number of nitrogens with one attached hydrogen (secondary N) is 1. The van der Waals surface area contributed by atoms with Crippen molar-refractivity contribution in [2.45, 2.75) is 25.3 Å². The van der Waals surface area contributed by atoms with Crippen molar-refractivity contribution in [1.29, 1.82) is 0 Å². The predicted molar refractivity (Wildman–Crippen MR) is 83.6 cm³/mol. The highest BCUT2D eigenvalue weighted by molar-refractivity contribution is 7.86. The summed E-state index contributed by atoms with van der Waals surface area (Å²) in [7, 11) is -3.33. The van der Waals surface area contributed by atoms with E-state index in [1.165, 1.54) is 10.4 Å². The monoisotopic (exact) mass is 327 g/mol. The van der Waals surface area contributed by atoms with Crippen molar-refractivity contribution in [3.63, 3.8) is 0 Å². The number of fused-ring (bicyclic) bond motifs is 1. The number of piperazine rings is 1. The van der Waals surface area contributed by atoms with Crippen LogP contribution in [0.15, 0.2) is 11.4 Å². The molecule has 21 heavy (non-hydrogen) atoms. The first-order valence-electron chi connectivity index (χ1n) is 7.72. The molecule has 5 nitrogen and oxygen atoms in total. The van der Waals surface area contributed by atoms with Crippen LogP contribution in [0.1, 0.15) is 29.3 Å². The molecule has 4 rings (SSSR count). The van der Waals surface area contributed by atoms with Gasteiger partial charge in [-0.25, -0.2) is 0 Å². The first-order valence-corrected chi connectivity index (χ1v) is 9.99. The van der Waals surface area contributed by atoms with Gasteiger partial charge in [0.25, 0.3) is 10.2 Å². The van der Waals surface area contributed by atoms with E-state index in [-0.39, 0.29) is 6.04 Å². The van der Waals surface area contributed by atoms with Crippen LogP contribution in [0.25, 0.3) is 0 Å². The fourth-order valence-electron chi connectivity index (χ4n) is 3.51. The van der Waals surface area contributed by atoms with Crippen LogP contribution in [0.4, 0.5) is 0 Å². The number of rotatable bonds is 3. The summed E-state index contributed by atoms with van der Waals surface area (Å²) < 4.78 is 29.5. The summed E-state index contributed by atoms with van der Waals surface area (Å²) in [6, 6.07) is 2.22. The van der Waals surface area contributed by atoms with Crippen LogP contribution in [0.2, 0.25) is 0 Å².